The van der Waals surface area contributed by atoms with Crippen LogP contribution >= 0.6 is 0 Å². The Morgan fingerprint density at radius 1 is 0.931 bits per heavy atom. The minimum atomic E-state index is -0.221. The van der Waals surface area contributed by atoms with Crippen molar-refractivity contribution in [3.05, 3.63) is 72.6 Å². The highest BCUT2D eigenvalue weighted by Crippen LogP contribution is 2.34. The molecule has 29 heavy (non-hydrogen) atoms. The fourth-order valence-electron chi connectivity index (χ4n) is 4.44. The van der Waals surface area contributed by atoms with E-state index in [1.165, 1.54) is 30.5 Å². The van der Waals surface area contributed by atoms with Crippen LogP contribution in [0, 0.1) is 5.82 Å². The molecule has 0 atom stereocenters. The van der Waals surface area contributed by atoms with Crippen molar-refractivity contribution in [3.63, 3.8) is 0 Å². The molecule has 1 saturated heterocycles. The van der Waals surface area contributed by atoms with E-state index in [-0.39, 0.29) is 5.82 Å². The van der Waals surface area contributed by atoms with Gasteiger partial charge in [0.1, 0.15) is 11.6 Å². The Balaban J connectivity index is 1.48. The van der Waals surface area contributed by atoms with Gasteiger partial charge in [-0.05, 0) is 42.7 Å². The van der Waals surface area contributed by atoms with Crippen LogP contribution in [0.5, 0.6) is 0 Å². The third-order valence-electron chi connectivity index (χ3n) is 5.93. The van der Waals surface area contributed by atoms with Crippen LogP contribution < -0.4 is 4.90 Å². The lowest BCUT2D eigenvalue weighted by Gasteiger charge is -2.18. The second-order valence-corrected chi connectivity index (χ2v) is 7.74. The maximum absolute atomic E-state index is 13.3. The molecule has 1 fully saturated rings. The first-order valence-electron chi connectivity index (χ1n) is 10.0. The van der Waals surface area contributed by atoms with Gasteiger partial charge in [-0.2, -0.15) is 0 Å². The molecule has 0 amide bonds. The van der Waals surface area contributed by atoms with Gasteiger partial charge in [0, 0.05) is 49.4 Å². The number of rotatable bonds is 2. The highest BCUT2D eigenvalue weighted by molar-refractivity contribution is 5.71. The molecule has 0 spiro atoms. The van der Waals surface area contributed by atoms with E-state index in [0.717, 1.165) is 53.8 Å². The molecule has 6 heteroatoms. The van der Waals surface area contributed by atoms with E-state index in [1.807, 2.05) is 30.7 Å². The van der Waals surface area contributed by atoms with Crippen LogP contribution in [0.15, 0.2) is 61.2 Å². The molecule has 3 aromatic heterocycles. The number of pyridine rings is 1. The zero-order valence-electron chi connectivity index (χ0n) is 15.9. The van der Waals surface area contributed by atoms with Crippen LogP contribution in [-0.2, 0) is 6.54 Å². The highest BCUT2D eigenvalue weighted by Gasteiger charge is 2.23. The van der Waals surface area contributed by atoms with Gasteiger partial charge in [-0.25, -0.2) is 14.4 Å². The van der Waals surface area contributed by atoms with E-state index in [9.17, 15) is 4.39 Å². The molecule has 0 N–H and O–H groups in total. The van der Waals surface area contributed by atoms with Gasteiger partial charge in [0.15, 0.2) is 5.82 Å². The highest BCUT2D eigenvalue weighted by atomic mass is 19.1. The van der Waals surface area contributed by atoms with Crippen LogP contribution in [0.2, 0.25) is 0 Å². The maximum atomic E-state index is 13.3. The molecule has 1 aromatic carbocycles. The molecule has 0 saturated carbocycles. The Hall–Kier alpha value is -3.41. The molecular weight excluding hydrogens is 365 g/mol. The van der Waals surface area contributed by atoms with Gasteiger partial charge in [0.2, 0.25) is 0 Å². The van der Waals surface area contributed by atoms with Gasteiger partial charge < -0.3 is 9.47 Å². The van der Waals surface area contributed by atoms with Crippen molar-refractivity contribution >= 4 is 5.82 Å². The van der Waals surface area contributed by atoms with Gasteiger partial charge >= 0.3 is 0 Å². The van der Waals surface area contributed by atoms with E-state index in [0.29, 0.717) is 0 Å². The summed E-state index contributed by atoms with van der Waals surface area (Å²) in [5.41, 5.74) is 5.41. The van der Waals surface area contributed by atoms with E-state index in [1.54, 1.807) is 0 Å². The molecule has 0 bridgehead atoms. The molecule has 4 aromatic rings. The molecule has 6 rings (SSSR count). The van der Waals surface area contributed by atoms with Crippen molar-refractivity contribution < 1.29 is 4.39 Å². The summed E-state index contributed by atoms with van der Waals surface area (Å²) in [4.78, 5) is 11.7. The zero-order chi connectivity index (χ0) is 19.4. The number of hydrogen-bond donors (Lipinski definition) is 0. The number of anilines is 1. The van der Waals surface area contributed by atoms with Gasteiger partial charge in [-0.15, -0.1) is 0 Å². The number of halogens is 1. The van der Waals surface area contributed by atoms with Crippen LogP contribution in [0.3, 0.4) is 0 Å². The SMILES string of the molecule is Fc1ccc(-c2cc3n(c2)Cc2cc(N4CCCC4)ncc2-n2ccnc2-3)cc1. The van der Waals surface area contributed by atoms with Crippen molar-refractivity contribution in [2.45, 2.75) is 19.4 Å². The number of benzene rings is 1. The molecule has 0 aliphatic carbocycles. The first-order chi connectivity index (χ1) is 14.3. The van der Waals surface area contributed by atoms with E-state index >= 15 is 0 Å². The Labute approximate surface area is 168 Å². The fourth-order valence-corrected chi connectivity index (χ4v) is 4.44. The molecule has 2 aliphatic rings. The van der Waals surface area contributed by atoms with E-state index in [4.69, 9.17) is 4.98 Å². The topological polar surface area (TPSA) is 38.9 Å². The lowest BCUT2D eigenvalue weighted by atomic mass is 10.1. The Kier molecular flexibility index (Phi) is 3.59. The van der Waals surface area contributed by atoms with Crippen molar-refractivity contribution in [1.82, 2.24) is 19.1 Å². The summed E-state index contributed by atoms with van der Waals surface area (Å²) in [5, 5.41) is 0. The maximum Gasteiger partial charge on any atom is 0.161 e. The summed E-state index contributed by atoms with van der Waals surface area (Å²) in [7, 11) is 0. The Morgan fingerprint density at radius 3 is 2.59 bits per heavy atom. The summed E-state index contributed by atoms with van der Waals surface area (Å²) in [6.07, 6.45) is 10.4. The fraction of sp³-hybridized carbons (Fsp3) is 0.217. The Morgan fingerprint density at radius 2 is 1.76 bits per heavy atom. The van der Waals surface area contributed by atoms with Crippen molar-refractivity contribution in [2.24, 2.45) is 0 Å². The summed E-state index contributed by atoms with van der Waals surface area (Å²) >= 11 is 0. The first-order valence-corrected chi connectivity index (χ1v) is 10.0. The number of aromatic nitrogens is 4. The molecule has 2 aliphatic heterocycles. The lowest BCUT2D eigenvalue weighted by Crippen LogP contribution is -2.19. The number of hydrogen-bond acceptors (Lipinski definition) is 3. The average molecular weight is 385 g/mol. The van der Waals surface area contributed by atoms with Gasteiger partial charge in [0.05, 0.1) is 17.6 Å². The molecule has 5 nitrogen and oxygen atoms in total. The van der Waals surface area contributed by atoms with Gasteiger partial charge in [-0.3, -0.25) is 4.57 Å². The summed E-state index contributed by atoms with van der Waals surface area (Å²) in [6.45, 7) is 2.90. The molecule has 0 radical (unpaired) electrons. The average Bonchev–Trinajstić information content (AvgIpc) is 3.48. The third-order valence-corrected chi connectivity index (χ3v) is 5.93. The van der Waals surface area contributed by atoms with Crippen LogP contribution in [0.4, 0.5) is 10.2 Å². The predicted molar refractivity (Wildman–Crippen MR) is 111 cm³/mol. The quantitative estimate of drug-likeness (QED) is 0.449. The number of nitrogens with zero attached hydrogens (tertiary/aromatic N) is 5. The number of imidazole rings is 1. The Bertz CT molecular complexity index is 1200. The van der Waals surface area contributed by atoms with E-state index in [2.05, 4.69) is 37.3 Å². The van der Waals surface area contributed by atoms with Gasteiger partial charge in [0.25, 0.3) is 0 Å². The second-order valence-electron chi connectivity index (χ2n) is 7.74. The summed E-state index contributed by atoms with van der Waals surface area (Å²) in [6, 6.07) is 11.0. The summed E-state index contributed by atoms with van der Waals surface area (Å²) < 4.78 is 17.7. The molecule has 144 valence electrons. The van der Waals surface area contributed by atoms with Crippen LogP contribution in [0.1, 0.15) is 18.4 Å². The van der Waals surface area contributed by atoms with Crippen molar-refractivity contribution in [3.8, 4) is 28.3 Å². The predicted octanol–water partition coefficient (Wildman–Crippen LogP) is 4.50. The second kappa shape index (κ2) is 6.30. The minimum absolute atomic E-state index is 0.221. The summed E-state index contributed by atoms with van der Waals surface area (Å²) in [5.74, 6) is 1.73. The van der Waals surface area contributed by atoms with E-state index < -0.39 is 0 Å². The lowest BCUT2D eigenvalue weighted by molar-refractivity contribution is 0.628. The number of fused-ring (bicyclic) bond motifs is 5. The minimum Gasteiger partial charge on any atom is -0.357 e. The monoisotopic (exact) mass is 385 g/mol. The van der Waals surface area contributed by atoms with Crippen LogP contribution in [0.25, 0.3) is 28.3 Å². The van der Waals surface area contributed by atoms with Crippen molar-refractivity contribution in [2.75, 3.05) is 18.0 Å². The molecular formula is C23H20FN5. The molecule has 0 unspecified atom stereocenters. The normalized spacial score (nSPS) is 15.0. The standard InChI is InChI=1S/C23H20FN5/c24-19-5-3-16(4-6-19)17-11-20-23-25-7-10-29(23)21-13-26-22(27-8-1-2-9-27)12-18(21)15-28(20)14-17/h3-7,10-14H,1-2,8-9,15H2. The van der Waals surface area contributed by atoms with Crippen molar-refractivity contribution in [1.29, 1.82) is 0 Å². The van der Waals surface area contributed by atoms with Crippen LogP contribution in [-0.4, -0.2) is 32.2 Å². The third kappa shape index (κ3) is 2.67. The first kappa shape index (κ1) is 16.5. The molecule has 5 heterocycles. The zero-order valence-corrected chi connectivity index (χ0v) is 15.9. The largest absolute Gasteiger partial charge is 0.357 e. The van der Waals surface area contributed by atoms with Gasteiger partial charge in [-0.1, -0.05) is 12.1 Å². The smallest absolute Gasteiger partial charge is 0.161 e.